The normalized spacial score (nSPS) is 13.7. The van der Waals surface area contributed by atoms with Crippen molar-refractivity contribution in [3.8, 4) is 0 Å². The van der Waals surface area contributed by atoms with Gasteiger partial charge in [0.25, 0.3) is 0 Å². The number of esters is 1. The van der Waals surface area contributed by atoms with Gasteiger partial charge in [-0.15, -0.1) is 0 Å². The number of carbonyl (C=O) groups is 2. The number of ether oxygens (including phenoxy) is 1. The summed E-state index contributed by atoms with van der Waals surface area (Å²) in [6.45, 7) is 6.32. The molecule has 0 aliphatic rings. The second-order valence-electron chi connectivity index (χ2n) is 16.1. The first-order valence-corrected chi connectivity index (χ1v) is 23.9. The molecule has 0 bridgehead atoms. The molecule has 0 saturated heterocycles. The molecule has 0 fully saturated rings. The van der Waals surface area contributed by atoms with Gasteiger partial charge in [0, 0.05) is 6.42 Å². The highest BCUT2D eigenvalue weighted by Gasteiger charge is 2.24. The van der Waals surface area contributed by atoms with Gasteiger partial charge in [0.1, 0.15) is 6.10 Å². The van der Waals surface area contributed by atoms with Gasteiger partial charge < -0.3 is 20.3 Å². The summed E-state index contributed by atoms with van der Waals surface area (Å²) in [6, 6.07) is -0.708. The summed E-state index contributed by atoms with van der Waals surface area (Å²) in [5.41, 5.74) is 0. The third-order valence-corrected chi connectivity index (χ3v) is 10.6. The number of nitrogens with one attached hydrogen (secondary N) is 1. The third kappa shape index (κ3) is 38.7. The van der Waals surface area contributed by atoms with Crippen LogP contribution in [0.2, 0.25) is 0 Å². The van der Waals surface area contributed by atoms with Crippen LogP contribution in [0.5, 0.6) is 0 Å². The fourth-order valence-electron chi connectivity index (χ4n) is 7.03. The van der Waals surface area contributed by atoms with Gasteiger partial charge in [-0.25, -0.2) is 0 Å². The van der Waals surface area contributed by atoms with Gasteiger partial charge in [-0.3, -0.25) is 9.59 Å². The van der Waals surface area contributed by atoms with Gasteiger partial charge in [0.05, 0.1) is 25.2 Å². The van der Waals surface area contributed by atoms with E-state index in [9.17, 15) is 19.8 Å². The van der Waals surface area contributed by atoms with Crippen LogP contribution in [-0.4, -0.2) is 46.9 Å². The number of aliphatic hydroxyl groups excluding tert-OH is 2. The zero-order valence-corrected chi connectivity index (χ0v) is 37.0. The van der Waals surface area contributed by atoms with Crippen molar-refractivity contribution in [2.24, 2.45) is 0 Å². The number of carbonyl (C=O) groups excluding carboxylic acids is 2. The lowest BCUT2D eigenvalue weighted by Crippen LogP contribution is -2.46. The van der Waals surface area contributed by atoms with Gasteiger partial charge >= 0.3 is 5.97 Å². The summed E-state index contributed by atoms with van der Waals surface area (Å²) in [7, 11) is 0. The monoisotopic (exact) mass is 786 g/mol. The maximum absolute atomic E-state index is 13.1. The van der Waals surface area contributed by atoms with Crippen LogP contribution < -0.4 is 5.32 Å². The molecule has 1 amide bonds. The molecule has 6 nitrogen and oxygen atoms in total. The molecule has 0 saturated carbocycles. The molecule has 0 rings (SSSR count). The van der Waals surface area contributed by atoms with E-state index < -0.39 is 18.2 Å². The number of amides is 1. The van der Waals surface area contributed by atoms with Gasteiger partial charge in [-0.1, -0.05) is 185 Å². The van der Waals surface area contributed by atoms with E-state index >= 15 is 0 Å². The Morgan fingerprint density at radius 2 is 0.964 bits per heavy atom. The summed E-state index contributed by atoms with van der Waals surface area (Å²) in [4.78, 5) is 26.0. The molecule has 3 unspecified atom stereocenters. The first kappa shape index (κ1) is 53.8. The van der Waals surface area contributed by atoms with E-state index in [1.807, 2.05) is 0 Å². The standard InChI is InChI=1S/C50H91NO5/c1-4-7-10-13-16-19-22-24-25-27-29-32-35-38-41-46(56-50(55)43-40-37-34-31-28-23-20-17-14-11-8-5-2)44-49(54)51-47(45-52)48(53)42-39-36-33-30-26-21-18-15-12-9-6-3/h7,10,16-17,19-20,24-25,46-48,52-53H,4-6,8-9,11-15,18,21-23,26-45H2,1-3H3,(H,51,54)/b10-7+,19-16+,20-17-,25-24+. The SMILES string of the molecule is CC/C=C/C/C=C/C/C=C/CCCCCCC(CC(=O)NC(CO)C(O)CCCCCCCCCCCCC)OC(=O)CCCCCCC/C=C\CCCCC. The van der Waals surface area contributed by atoms with E-state index in [0.717, 1.165) is 96.3 Å². The Balaban J connectivity index is 4.65. The van der Waals surface area contributed by atoms with Crippen LogP contribution in [0.25, 0.3) is 0 Å². The molecule has 0 aromatic heterocycles. The quantitative estimate of drug-likeness (QED) is 0.0325. The zero-order valence-electron chi connectivity index (χ0n) is 37.0. The Bertz CT molecular complexity index is 972. The molecule has 0 aliphatic carbocycles. The highest BCUT2D eigenvalue weighted by molar-refractivity contribution is 5.77. The van der Waals surface area contributed by atoms with Crippen molar-refractivity contribution < 1.29 is 24.5 Å². The van der Waals surface area contributed by atoms with Crippen molar-refractivity contribution in [3.05, 3.63) is 48.6 Å². The van der Waals surface area contributed by atoms with E-state index in [1.54, 1.807) is 0 Å². The number of allylic oxidation sites excluding steroid dienone is 8. The van der Waals surface area contributed by atoms with Crippen molar-refractivity contribution in [1.82, 2.24) is 5.32 Å². The molecule has 326 valence electrons. The topological polar surface area (TPSA) is 95.9 Å². The van der Waals surface area contributed by atoms with E-state index in [-0.39, 0.29) is 24.9 Å². The molecule has 0 aliphatic heterocycles. The zero-order chi connectivity index (χ0) is 41.0. The van der Waals surface area contributed by atoms with Gasteiger partial charge in [-0.2, -0.15) is 0 Å². The Hall–Kier alpha value is -2.18. The molecule has 0 aromatic rings. The van der Waals surface area contributed by atoms with Crippen LogP contribution in [0.3, 0.4) is 0 Å². The van der Waals surface area contributed by atoms with Crippen molar-refractivity contribution >= 4 is 11.9 Å². The number of aliphatic hydroxyl groups is 2. The second kappa shape index (κ2) is 43.9. The van der Waals surface area contributed by atoms with Crippen LogP contribution in [0.4, 0.5) is 0 Å². The Morgan fingerprint density at radius 3 is 1.52 bits per heavy atom. The minimum Gasteiger partial charge on any atom is -0.462 e. The molecule has 56 heavy (non-hydrogen) atoms. The summed E-state index contributed by atoms with van der Waals surface area (Å²) >= 11 is 0. The summed E-state index contributed by atoms with van der Waals surface area (Å²) in [5, 5.41) is 23.7. The van der Waals surface area contributed by atoms with Crippen molar-refractivity contribution in [2.75, 3.05) is 6.61 Å². The average molecular weight is 786 g/mol. The predicted octanol–water partition coefficient (Wildman–Crippen LogP) is 13.9. The molecular formula is C50H91NO5. The Morgan fingerprint density at radius 1 is 0.536 bits per heavy atom. The van der Waals surface area contributed by atoms with Crippen LogP contribution in [0.15, 0.2) is 48.6 Å². The van der Waals surface area contributed by atoms with Crippen LogP contribution >= 0.6 is 0 Å². The van der Waals surface area contributed by atoms with Crippen molar-refractivity contribution in [1.29, 1.82) is 0 Å². The lowest BCUT2D eigenvalue weighted by molar-refractivity contribution is -0.151. The fourth-order valence-corrected chi connectivity index (χ4v) is 7.03. The molecule has 0 heterocycles. The predicted molar refractivity (Wildman–Crippen MR) is 241 cm³/mol. The number of hydrogen-bond donors (Lipinski definition) is 3. The van der Waals surface area contributed by atoms with Crippen LogP contribution in [0, 0.1) is 0 Å². The molecule has 0 spiro atoms. The van der Waals surface area contributed by atoms with Gasteiger partial charge in [0.2, 0.25) is 5.91 Å². The highest BCUT2D eigenvalue weighted by atomic mass is 16.5. The lowest BCUT2D eigenvalue weighted by atomic mass is 10.0. The Kier molecular flexibility index (Phi) is 42.2. The maximum Gasteiger partial charge on any atom is 0.306 e. The van der Waals surface area contributed by atoms with E-state index in [0.29, 0.717) is 19.3 Å². The number of hydrogen-bond acceptors (Lipinski definition) is 5. The van der Waals surface area contributed by atoms with Gasteiger partial charge in [-0.05, 0) is 83.5 Å². The lowest BCUT2D eigenvalue weighted by Gasteiger charge is -2.24. The molecule has 3 N–H and O–H groups in total. The fraction of sp³-hybridized carbons (Fsp3) is 0.800. The third-order valence-electron chi connectivity index (χ3n) is 10.6. The highest BCUT2D eigenvalue weighted by Crippen LogP contribution is 2.17. The maximum atomic E-state index is 13.1. The molecule has 0 radical (unpaired) electrons. The van der Waals surface area contributed by atoms with E-state index in [1.165, 1.54) is 89.9 Å². The van der Waals surface area contributed by atoms with Crippen molar-refractivity contribution in [2.45, 2.75) is 251 Å². The second-order valence-corrected chi connectivity index (χ2v) is 16.1. The van der Waals surface area contributed by atoms with E-state index in [4.69, 9.17) is 4.74 Å². The first-order valence-electron chi connectivity index (χ1n) is 23.9. The summed E-state index contributed by atoms with van der Waals surface area (Å²) in [5.74, 6) is -0.506. The van der Waals surface area contributed by atoms with Gasteiger partial charge in [0.15, 0.2) is 0 Å². The minimum atomic E-state index is -0.793. The number of unbranched alkanes of at least 4 members (excludes halogenated alkanes) is 22. The van der Waals surface area contributed by atoms with E-state index in [2.05, 4.69) is 74.7 Å². The van der Waals surface area contributed by atoms with Crippen LogP contribution in [0.1, 0.15) is 233 Å². The first-order chi connectivity index (χ1) is 27.5. The molecule has 0 aromatic carbocycles. The number of rotatable bonds is 42. The molecular weight excluding hydrogens is 695 g/mol. The molecule has 6 heteroatoms. The summed E-state index contributed by atoms with van der Waals surface area (Å²) < 4.78 is 5.90. The van der Waals surface area contributed by atoms with Crippen molar-refractivity contribution in [3.63, 3.8) is 0 Å². The molecule has 3 atom stereocenters. The minimum absolute atomic E-state index is 0.0594. The summed E-state index contributed by atoms with van der Waals surface area (Å²) in [6.07, 6.45) is 51.6. The van der Waals surface area contributed by atoms with Crippen LogP contribution in [-0.2, 0) is 14.3 Å². The Labute approximate surface area is 346 Å². The average Bonchev–Trinajstić information content (AvgIpc) is 3.19. The smallest absolute Gasteiger partial charge is 0.306 e. The largest absolute Gasteiger partial charge is 0.462 e.